The number of rotatable bonds is 6. The molecular weight excluding hydrogens is 377 g/mol. The Morgan fingerprint density at radius 1 is 1.21 bits per heavy atom. The molecule has 4 rings (SSSR count). The van der Waals surface area contributed by atoms with Gasteiger partial charge < -0.3 is 15.4 Å². The van der Waals surface area contributed by atoms with Crippen LogP contribution in [0, 0.1) is 5.82 Å². The van der Waals surface area contributed by atoms with Crippen molar-refractivity contribution in [3.05, 3.63) is 61.2 Å². The summed E-state index contributed by atoms with van der Waals surface area (Å²) in [4.78, 5) is 24.4. The molecule has 2 aromatic heterocycles. The lowest BCUT2D eigenvalue weighted by atomic mass is 10.2. The summed E-state index contributed by atoms with van der Waals surface area (Å²) in [6, 6.07) is 9.76. The molecule has 0 unspecified atom stereocenters. The van der Waals surface area contributed by atoms with Crippen LogP contribution in [-0.2, 0) is 11.3 Å². The number of aromatic nitrogens is 5. The molecule has 0 bridgehead atoms. The zero-order valence-corrected chi connectivity index (χ0v) is 15.3. The van der Waals surface area contributed by atoms with Gasteiger partial charge in [-0.15, -0.1) is 0 Å². The number of nitrogens with zero attached hydrogens (tertiary/aromatic N) is 5. The van der Waals surface area contributed by atoms with E-state index in [-0.39, 0.29) is 12.2 Å². The van der Waals surface area contributed by atoms with E-state index >= 15 is 0 Å². The average Bonchev–Trinajstić information content (AvgIpc) is 3.23. The third-order valence-electron chi connectivity index (χ3n) is 4.12. The molecule has 0 aliphatic heterocycles. The number of halogens is 1. The molecule has 9 nitrogen and oxygen atoms in total. The molecule has 2 N–H and O–H groups in total. The van der Waals surface area contributed by atoms with E-state index in [1.54, 1.807) is 19.2 Å². The molecule has 0 radical (unpaired) electrons. The zero-order chi connectivity index (χ0) is 20.2. The zero-order valence-electron chi connectivity index (χ0n) is 15.3. The van der Waals surface area contributed by atoms with Crippen molar-refractivity contribution in [3.8, 4) is 5.75 Å². The van der Waals surface area contributed by atoms with Crippen LogP contribution in [0.15, 0.2) is 55.4 Å². The first kappa shape index (κ1) is 18.3. The van der Waals surface area contributed by atoms with E-state index in [1.807, 2.05) is 12.1 Å². The van der Waals surface area contributed by atoms with Gasteiger partial charge in [-0.25, -0.2) is 24.0 Å². The number of hydrogen-bond donors (Lipinski definition) is 2. The number of benzene rings is 2. The van der Waals surface area contributed by atoms with Crippen molar-refractivity contribution in [2.45, 2.75) is 6.54 Å². The number of carbonyl (C=O) groups excluding carboxylic acids is 1. The SMILES string of the molecule is COc1cccc2ncnc(Nc3ccc(F)c(NC(=O)Cn4cncn4)c3)c12. The van der Waals surface area contributed by atoms with Crippen molar-refractivity contribution in [1.29, 1.82) is 0 Å². The predicted octanol–water partition coefficient (Wildman–Crippen LogP) is 2.75. The number of hydrogen-bond acceptors (Lipinski definition) is 7. The minimum Gasteiger partial charge on any atom is -0.496 e. The summed E-state index contributed by atoms with van der Waals surface area (Å²) in [6.45, 7) is -0.0785. The first-order chi connectivity index (χ1) is 14.1. The van der Waals surface area contributed by atoms with Gasteiger partial charge in [0.1, 0.15) is 42.9 Å². The quantitative estimate of drug-likeness (QED) is 0.519. The van der Waals surface area contributed by atoms with Crippen LogP contribution in [0.3, 0.4) is 0 Å². The van der Waals surface area contributed by atoms with Gasteiger partial charge in [-0.3, -0.25) is 4.79 Å². The van der Waals surface area contributed by atoms with Gasteiger partial charge >= 0.3 is 0 Å². The monoisotopic (exact) mass is 393 g/mol. The van der Waals surface area contributed by atoms with E-state index in [4.69, 9.17) is 4.74 Å². The topological polar surface area (TPSA) is 107 Å². The third kappa shape index (κ3) is 3.95. The highest BCUT2D eigenvalue weighted by molar-refractivity contribution is 5.96. The molecule has 146 valence electrons. The van der Waals surface area contributed by atoms with Gasteiger partial charge in [0.25, 0.3) is 0 Å². The van der Waals surface area contributed by atoms with Crippen LogP contribution in [0.4, 0.5) is 21.6 Å². The van der Waals surface area contributed by atoms with Crippen molar-refractivity contribution in [3.63, 3.8) is 0 Å². The molecular formula is C19H16FN7O2. The van der Waals surface area contributed by atoms with Crippen LogP contribution in [0.5, 0.6) is 5.75 Å². The van der Waals surface area contributed by atoms with Gasteiger partial charge in [-0.05, 0) is 30.3 Å². The van der Waals surface area contributed by atoms with Crippen molar-refractivity contribution >= 4 is 34.0 Å². The standard InChI is InChI=1S/C19H16FN7O2/c1-29-16-4-2-3-14-18(16)19(23-10-22-14)25-12-5-6-13(20)15(7-12)26-17(28)8-27-11-21-9-24-27/h2-7,9-11H,8H2,1H3,(H,26,28)(H,22,23,25). The van der Waals surface area contributed by atoms with Gasteiger partial charge in [0.05, 0.1) is 23.7 Å². The van der Waals surface area contributed by atoms with Crippen LogP contribution in [0.25, 0.3) is 10.9 Å². The second-order valence-electron chi connectivity index (χ2n) is 6.04. The minimum absolute atomic E-state index is 0.0328. The summed E-state index contributed by atoms with van der Waals surface area (Å²) in [5, 5.41) is 10.2. The first-order valence-electron chi connectivity index (χ1n) is 8.60. The smallest absolute Gasteiger partial charge is 0.246 e. The fourth-order valence-corrected chi connectivity index (χ4v) is 2.83. The molecule has 10 heteroatoms. The summed E-state index contributed by atoms with van der Waals surface area (Å²) in [6.07, 6.45) is 4.15. The lowest BCUT2D eigenvalue weighted by molar-refractivity contribution is -0.116. The van der Waals surface area contributed by atoms with Crippen molar-refractivity contribution in [2.24, 2.45) is 0 Å². The van der Waals surface area contributed by atoms with Gasteiger partial charge in [0.2, 0.25) is 5.91 Å². The Kier molecular flexibility index (Phi) is 4.97. The van der Waals surface area contributed by atoms with Gasteiger partial charge in [-0.1, -0.05) is 6.07 Å². The molecule has 4 aromatic rings. The van der Waals surface area contributed by atoms with Gasteiger partial charge in [-0.2, -0.15) is 5.10 Å². The van der Waals surface area contributed by atoms with Crippen LogP contribution in [0.2, 0.25) is 0 Å². The molecule has 0 aliphatic carbocycles. The number of carbonyl (C=O) groups is 1. The third-order valence-corrected chi connectivity index (χ3v) is 4.12. The number of amides is 1. The highest BCUT2D eigenvalue weighted by Crippen LogP contribution is 2.32. The molecule has 2 heterocycles. The van der Waals surface area contributed by atoms with E-state index < -0.39 is 11.7 Å². The summed E-state index contributed by atoms with van der Waals surface area (Å²) < 4.78 is 20.9. The van der Waals surface area contributed by atoms with Crippen molar-refractivity contribution in [1.82, 2.24) is 24.7 Å². The molecule has 29 heavy (non-hydrogen) atoms. The van der Waals surface area contributed by atoms with E-state index in [2.05, 4.69) is 30.7 Å². The van der Waals surface area contributed by atoms with Crippen molar-refractivity contribution < 1.29 is 13.9 Å². The van der Waals surface area contributed by atoms with Crippen LogP contribution >= 0.6 is 0 Å². The average molecular weight is 393 g/mol. The second kappa shape index (κ2) is 7.89. The summed E-state index contributed by atoms with van der Waals surface area (Å²) >= 11 is 0. The molecule has 0 aliphatic rings. The Labute approximate surface area is 164 Å². The summed E-state index contributed by atoms with van der Waals surface area (Å²) in [5.74, 6) is 0.112. The van der Waals surface area contributed by atoms with Gasteiger partial charge in [0.15, 0.2) is 0 Å². The van der Waals surface area contributed by atoms with Crippen LogP contribution < -0.4 is 15.4 Å². The van der Waals surface area contributed by atoms with Crippen LogP contribution in [-0.4, -0.2) is 37.7 Å². The fourth-order valence-electron chi connectivity index (χ4n) is 2.83. The predicted molar refractivity (Wildman–Crippen MR) is 104 cm³/mol. The maximum atomic E-state index is 14.2. The molecule has 0 atom stereocenters. The van der Waals surface area contributed by atoms with E-state index in [0.29, 0.717) is 28.2 Å². The molecule has 0 spiro atoms. The number of anilines is 3. The number of methoxy groups -OCH3 is 1. The minimum atomic E-state index is -0.562. The normalized spacial score (nSPS) is 10.7. The number of fused-ring (bicyclic) bond motifs is 1. The highest BCUT2D eigenvalue weighted by Gasteiger charge is 2.12. The maximum absolute atomic E-state index is 14.2. The Balaban J connectivity index is 1.60. The summed E-state index contributed by atoms with van der Waals surface area (Å²) in [5.41, 5.74) is 1.27. The molecule has 0 saturated carbocycles. The molecule has 0 fully saturated rings. The summed E-state index contributed by atoms with van der Waals surface area (Å²) in [7, 11) is 1.56. The number of ether oxygens (including phenoxy) is 1. The van der Waals surface area contributed by atoms with Crippen molar-refractivity contribution in [2.75, 3.05) is 17.7 Å². The van der Waals surface area contributed by atoms with Gasteiger partial charge in [0, 0.05) is 5.69 Å². The first-order valence-corrected chi connectivity index (χ1v) is 8.60. The Bertz CT molecular complexity index is 1160. The Morgan fingerprint density at radius 2 is 2.10 bits per heavy atom. The second-order valence-corrected chi connectivity index (χ2v) is 6.04. The molecule has 0 saturated heterocycles. The fraction of sp³-hybridized carbons (Fsp3) is 0.105. The molecule has 2 aromatic carbocycles. The van der Waals surface area contributed by atoms with Crippen LogP contribution in [0.1, 0.15) is 0 Å². The van der Waals surface area contributed by atoms with E-state index in [0.717, 1.165) is 0 Å². The Morgan fingerprint density at radius 3 is 2.90 bits per heavy atom. The maximum Gasteiger partial charge on any atom is 0.246 e. The van der Waals surface area contributed by atoms with E-state index in [1.165, 1.54) is 35.8 Å². The lowest BCUT2D eigenvalue weighted by Gasteiger charge is -2.13. The lowest BCUT2D eigenvalue weighted by Crippen LogP contribution is -2.19. The van der Waals surface area contributed by atoms with E-state index in [9.17, 15) is 9.18 Å². The molecule has 1 amide bonds. The highest BCUT2D eigenvalue weighted by atomic mass is 19.1. The largest absolute Gasteiger partial charge is 0.496 e. The number of nitrogens with one attached hydrogen (secondary N) is 2. The Hall–Kier alpha value is -4.08.